The highest BCUT2D eigenvalue weighted by Crippen LogP contribution is 2.16. The summed E-state index contributed by atoms with van der Waals surface area (Å²) in [6, 6.07) is 10.8. The first-order valence-corrected chi connectivity index (χ1v) is 8.13. The lowest BCUT2D eigenvalue weighted by atomic mass is 10.3. The lowest BCUT2D eigenvalue weighted by Crippen LogP contribution is -2.17. The Kier molecular flexibility index (Phi) is 6.49. The van der Waals surface area contributed by atoms with Crippen molar-refractivity contribution in [2.45, 2.75) is 6.42 Å². The molecule has 1 heterocycles. The largest absolute Gasteiger partial charge is 0.369 e. The van der Waals surface area contributed by atoms with Gasteiger partial charge < -0.3 is 15.5 Å². The molecule has 0 aliphatic rings. The fourth-order valence-corrected chi connectivity index (χ4v) is 2.32. The number of nitrogens with one attached hydrogen (secondary N) is 2. The SMILES string of the molecule is CN(C)CCCNc1ccc(C(=O)Nc2cccc(Br)c2)nn1. The quantitative estimate of drug-likeness (QED) is 0.726. The maximum absolute atomic E-state index is 12.1. The summed E-state index contributed by atoms with van der Waals surface area (Å²) in [7, 11) is 4.08. The van der Waals surface area contributed by atoms with Crippen LogP contribution in [0.2, 0.25) is 0 Å². The van der Waals surface area contributed by atoms with Crippen LogP contribution in [0.4, 0.5) is 11.5 Å². The van der Waals surface area contributed by atoms with E-state index in [1.165, 1.54) is 0 Å². The van der Waals surface area contributed by atoms with Gasteiger partial charge in [0.2, 0.25) is 0 Å². The Morgan fingerprint density at radius 3 is 2.70 bits per heavy atom. The van der Waals surface area contributed by atoms with E-state index in [1.54, 1.807) is 12.1 Å². The van der Waals surface area contributed by atoms with Crippen LogP contribution in [0.15, 0.2) is 40.9 Å². The van der Waals surface area contributed by atoms with E-state index in [1.807, 2.05) is 38.4 Å². The molecule has 0 saturated heterocycles. The van der Waals surface area contributed by atoms with Gasteiger partial charge in [-0.05, 0) is 57.4 Å². The minimum absolute atomic E-state index is 0.281. The summed E-state index contributed by atoms with van der Waals surface area (Å²) in [5.41, 5.74) is 0.987. The molecule has 0 spiro atoms. The number of anilines is 2. The van der Waals surface area contributed by atoms with Crippen LogP contribution >= 0.6 is 15.9 Å². The molecule has 2 N–H and O–H groups in total. The van der Waals surface area contributed by atoms with Gasteiger partial charge in [0.15, 0.2) is 5.69 Å². The van der Waals surface area contributed by atoms with Crippen molar-refractivity contribution in [1.82, 2.24) is 15.1 Å². The number of aromatic nitrogens is 2. The lowest BCUT2D eigenvalue weighted by Gasteiger charge is -2.10. The predicted molar refractivity (Wildman–Crippen MR) is 95.8 cm³/mol. The van der Waals surface area contributed by atoms with E-state index < -0.39 is 0 Å². The maximum atomic E-state index is 12.1. The lowest BCUT2D eigenvalue weighted by molar-refractivity contribution is 0.102. The molecule has 7 heteroatoms. The normalized spacial score (nSPS) is 10.6. The minimum Gasteiger partial charge on any atom is -0.369 e. The molecule has 122 valence electrons. The van der Waals surface area contributed by atoms with Crippen molar-refractivity contribution in [1.29, 1.82) is 0 Å². The van der Waals surface area contributed by atoms with E-state index >= 15 is 0 Å². The van der Waals surface area contributed by atoms with Crippen molar-refractivity contribution >= 4 is 33.3 Å². The third-order valence-electron chi connectivity index (χ3n) is 3.07. The van der Waals surface area contributed by atoms with Crippen LogP contribution in [-0.2, 0) is 0 Å². The zero-order chi connectivity index (χ0) is 16.7. The van der Waals surface area contributed by atoms with E-state index in [0.29, 0.717) is 11.5 Å². The number of carbonyl (C=O) groups is 1. The Morgan fingerprint density at radius 1 is 1.22 bits per heavy atom. The molecular formula is C16H20BrN5O. The summed E-state index contributed by atoms with van der Waals surface area (Å²) >= 11 is 3.37. The first kappa shape index (κ1) is 17.4. The van der Waals surface area contributed by atoms with Crippen LogP contribution in [0.1, 0.15) is 16.9 Å². The summed E-state index contributed by atoms with van der Waals surface area (Å²) in [5.74, 6) is 0.387. The van der Waals surface area contributed by atoms with Crippen molar-refractivity contribution in [2.24, 2.45) is 0 Å². The van der Waals surface area contributed by atoms with E-state index in [4.69, 9.17) is 0 Å². The fraction of sp³-hybridized carbons (Fsp3) is 0.312. The summed E-state index contributed by atoms with van der Waals surface area (Å²) in [4.78, 5) is 14.2. The second-order valence-corrected chi connectivity index (χ2v) is 6.27. The molecule has 2 aromatic rings. The van der Waals surface area contributed by atoms with Gasteiger partial charge >= 0.3 is 0 Å². The highest BCUT2D eigenvalue weighted by Gasteiger charge is 2.08. The summed E-state index contributed by atoms with van der Waals surface area (Å²) < 4.78 is 0.902. The third kappa shape index (κ3) is 5.96. The van der Waals surface area contributed by atoms with Gasteiger partial charge in [-0.25, -0.2) is 0 Å². The number of carbonyl (C=O) groups excluding carboxylic acids is 1. The molecule has 1 aromatic heterocycles. The number of rotatable bonds is 7. The van der Waals surface area contributed by atoms with Gasteiger partial charge in [0, 0.05) is 16.7 Å². The van der Waals surface area contributed by atoms with Crippen molar-refractivity contribution in [2.75, 3.05) is 37.8 Å². The standard InChI is InChI=1S/C16H20BrN5O/c1-22(2)10-4-9-18-15-8-7-14(20-21-15)16(23)19-13-6-3-5-12(17)11-13/h3,5-8,11H,4,9-10H2,1-2H3,(H,18,21)(H,19,23). The number of halogens is 1. The highest BCUT2D eigenvalue weighted by atomic mass is 79.9. The Labute approximate surface area is 144 Å². The van der Waals surface area contributed by atoms with Crippen LogP contribution in [0.3, 0.4) is 0 Å². The fourth-order valence-electron chi connectivity index (χ4n) is 1.92. The molecule has 0 atom stereocenters. The first-order chi connectivity index (χ1) is 11.0. The van der Waals surface area contributed by atoms with E-state index in [0.717, 1.165) is 24.0 Å². The topological polar surface area (TPSA) is 70.2 Å². The molecule has 1 aromatic carbocycles. The van der Waals surface area contributed by atoms with Crippen LogP contribution in [0.5, 0.6) is 0 Å². The Bertz CT molecular complexity index is 645. The predicted octanol–water partition coefficient (Wildman–Crippen LogP) is 2.86. The molecule has 0 bridgehead atoms. The third-order valence-corrected chi connectivity index (χ3v) is 3.56. The van der Waals surface area contributed by atoms with Crippen LogP contribution in [0, 0.1) is 0 Å². The van der Waals surface area contributed by atoms with Crippen molar-refractivity contribution in [3.63, 3.8) is 0 Å². The van der Waals surface area contributed by atoms with E-state index in [2.05, 4.69) is 41.7 Å². The minimum atomic E-state index is -0.283. The zero-order valence-electron chi connectivity index (χ0n) is 13.2. The molecule has 6 nitrogen and oxygen atoms in total. The number of nitrogens with zero attached hydrogens (tertiary/aromatic N) is 3. The molecule has 0 radical (unpaired) electrons. The molecule has 0 aliphatic carbocycles. The average Bonchev–Trinajstić information content (AvgIpc) is 2.52. The summed E-state index contributed by atoms with van der Waals surface area (Å²) in [6.45, 7) is 1.82. The molecule has 0 aliphatic heterocycles. The van der Waals surface area contributed by atoms with E-state index in [-0.39, 0.29) is 11.6 Å². The average molecular weight is 378 g/mol. The number of hydrogen-bond acceptors (Lipinski definition) is 5. The van der Waals surface area contributed by atoms with E-state index in [9.17, 15) is 4.79 Å². The maximum Gasteiger partial charge on any atom is 0.276 e. The van der Waals surface area contributed by atoms with Crippen LogP contribution in [0.25, 0.3) is 0 Å². The van der Waals surface area contributed by atoms with Crippen molar-refractivity contribution in [3.8, 4) is 0 Å². The Hall–Kier alpha value is -1.99. The van der Waals surface area contributed by atoms with Gasteiger partial charge in [0.1, 0.15) is 5.82 Å². The van der Waals surface area contributed by atoms with Gasteiger partial charge in [0.25, 0.3) is 5.91 Å². The number of hydrogen-bond donors (Lipinski definition) is 2. The molecular weight excluding hydrogens is 358 g/mol. The molecule has 2 rings (SSSR count). The van der Waals surface area contributed by atoms with Gasteiger partial charge in [-0.1, -0.05) is 22.0 Å². The highest BCUT2D eigenvalue weighted by molar-refractivity contribution is 9.10. The second-order valence-electron chi connectivity index (χ2n) is 5.35. The number of benzene rings is 1. The Morgan fingerprint density at radius 2 is 2.04 bits per heavy atom. The molecule has 0 fully saturated rings. The van der Waals surface area contributed by atoms with Gasteiger partial charge in [-0.2, -0.15) is 0 Å². The second kappa shape index (κ2) is 8.59. The molecule has 0 saturated carbocycles. The summed E-state index contributed by atoms with van der Waals surface area (Å²) in [5, 5.41) is 14.0. The van der Waals surface area contributed by atoms with Gasteiger partial charge in [-0.15, -0.1) is 10.2 Å². The Balaban J connectivity index is 1.87. The van der Waals surface area contributed by atoms with Crippen LogP contribution in [-0.4, -0.2) is 48.2 Å². The van der Waals surface area contributed by atoms with Crippen molar-refractivity contribution in [3.05, 3.63) is 46.6 Å². The van der Waals surface area contributed by atoms with Crippen LogP contribution < -0.4 is 10.6 Å². The monoisotopic (exact) mass is 377 g/mol. The van der Waals surface area contributed by atoms with Gasteiger partial charge in [0.05, 0.1) is 0 Å². The zero-order valence-corrected chi connectivity index (χ0v) is 14.8. The van der Waals surface area contributed by atoms with Crippen molar-refractivity contribution < 1.29 is 4.79 Å². The molecule has 1 amide bonds. The molecule has 23 heavy (non-hydrogen) atoms. The first-order valence-electron chi connectivity index (χ1n) is 7.34. The van der Waals surface area contributed by atoms with Gasteiger partial charge in [-0.3, -0.25) is 4.79 Å². The smallest absolute Gasteiger partial charge is 0.276 e. The number of amides is 1. The summed E-state index contributed by atoms with van der Waals surface area (Å²) in [6.07, 6.45) is 1.01. The molecule has 0 unspecified atom stereocenters.